The summed E-state index contributed by atoms with van der Waals surface area (Å²) in [6, 6.07) is 28.6. The zero-order valence-electron chi connectivity index (χ0n) is 38.4. The Balaban J connectivity index is 1.59. The molecule has 2 saturated heterocycles. The van der Waals surface area contributed by atoms with Gasteiger partial charge in [0.2, 0.25) is 0 Å². The second-order valence-corrected chi connectivity index (χ2v) is 28.6. The predicted octanol–water partition coefficient (Wildman–Crippen LogP) is 8.66. The van der Waals surface area contributed by atoms with E-state index in [1.807, 2.05) is 56.3 Å². The fourth-order valence-electron chi connectivity index (χ4n) is 8.82. The molecule has 0 aliphatic carbocycles. The first-order chi connectivity index (χ1) is 28.2. The molecule has 332 valence electrons. The van der Waals surface area contributed by atoms with Gasteiger partial charge in [-0.15, -0.1) is 6.58 Å². The Morgan fingerprint density at radius 2 is 1.37 bits per heavy atom. The molecule has 2 heterocycles. The first-order valence-corrected chi connectivity index (χ1v) is 26.7. The van der Waals surface area contributed by atoms with Crippen LogP contribution >= 0.6 is 0 Å². The monoisotopic (exact) mass is 862 g/mol. The van der Waals surface area contributed by atoms with Crippen LogP contribution in [0.1, 0.15) is 81.1 Å². The number of benzene rings is 3. The minimum absolute atomic E-state index is 0.134. The summed E-state index contributed by atoms with van der Waals surface area (Å²) < 4.78 is 47.9. The smallest absolute Gasteiger partial charge is 0.261 e. The van der Waals surface area contributed by atoms with Gasteiger partial charge in [-0.3, -0.25) is 0 Å². The highest BCUT2D eigenvalue weighted by Crippen LogP contribution is 2.47. The van der Waals surface area contributed by atoms with Gasteiger partial charge in [-0.05, 0) is 77.1 Å². The number of rotatable bonds is 17. The van der Waals surface area contributed by atoms with E-state index in [-0.39, 0.29) is 28.5 Å². The highest BCUT2D eigenvalue weighted by atomic mass is 28.4. The molecular weight excluding hydrogens is 789 g/mol. The topological polar surface area (TPSA) is 105 Å². The molecule has 0 radical (unpaired) electrons. The molecule has 2 aliphatic heterocycles. The number of aliphatic hydroxyl groups excluding tert-OH is 2. The van der Waals surface area contributed by atoms with Gasteiger partial charge in [-0.2, -0.15) is 0 Å². The molecule has 0 aromatic heterocycles. The van der Waals surface area contributed by atoms with Gasteiger partial charge < -0.3 is 42.7 Å². The van der Waals surface area contributed by atoms with E-state index in [0.717, 1.165) is 6.42 Å². The Kier molecular flexibility index (Phi) is 15.8. The van der Waals surface area contributed by atoms with Crippen molar-refractivity contribution >= 4 is 27.0 Å². The third-order valence-electron chi connectivity index (χ3n) is 13.6. The van der Waals surface area contributed by atoms with Gasteiger partial charge in [0.15, 0.2) is 20.2 Å². The van der Waals surface area contributed by atoms with E-state index in [9.17, 15) is 10.2 Å². The van der Waals surface area contributed by atoms with Crippen LogP contribution in [0.5, 0.6) is 11.5 Å². The van der Waals surface area contributed by atoms with Crippen molar-refractivity contribution in [2.45, 2.75) is 153 Å². The van der Waals surface area contributed by atoms with Crippen LogP contribution in [0.25, 0.3) is 0 Å². The third-order valence-corrected chi connectivity index (χ3v) is 23.1. The first kappa shape index (κ1) is 48.2. The Morgan fingerprint density at radius 1 is 0.800 bits per heavy atom. The van der Waals surface area contributed by atoms with E-state index in [4.69, 9.17) is 32.5 Å². The molecule has 0 bridgehead atoms. The molecule has 9 nitrogen and oxygen atoms in total. The molecule has 2 fully saturated rings. The van der Waals surface area contributed by atoms with Gasteiger partial charge in [0.25, 0.3) is 8.32 Å². The van der Waals surface area contributed by atoms with Gasteiger partial charge in [0.05, 0.1) is 37.6 Å². The summed E-state index contributed by atoms with van der Waals surface area (Å²) in [5.41, 5.74) is 0. The standard InChI is InChI=1S/C49H74O9Si2/c1-14-15-26-41-34(2)40(50)33-49(53-11,57-41)46(58-59(12,13)47(4,5)6)44-35(3)43(51)45(55-37-29-27-36(52-10)28-30-37)42(56-44)31-32-54-60(48(7,8)9,38-22-18-16-19-23-38)39-24-20-17-21-25-39/h14,16-25,27-30,34-35,40-46,50-51H,1,15,26,31-33H2,2-13H3/t34-,35-,40-,41-,42-,43-,44-,45-,46+,49-/m1/s1. The molecule has 3 aromatic carbocycles. The Morgan fingerprint density at radius 3 is 1.87 bits per heavy atom. The molecule has 2 N–H and O–H groups in total. The molecule has 0 saturated carbocycles. The fourth-order valence-corrected chi connectivity index (χ4v) is 14.7. The average Bonchev–Trinajstić information content (AvgIpc) is 3.21. The van der Waals surface area contributed by atoms with Crippen LogP contribution in [-0.4, -0.2) is 96.2 Å². The lowest BCUT2D eigenvalue weighted by Crippen LogP contribution is -2.69. The summed E-state index contributed by atoms with van der Waals surface area (Å²) in [4.78, 5) is 0. The van der Waals surface area contributed by atoms with E-state index in [2.05, 4.69) is 110 Å². The van der Waals surface area contributed by atoms with Crippen molar-refractivity contribution in [1.29, 1.82) is 0 Å². The Hall–Kier alpha value is -2.85. The van der Waals surface area contributed by atoms with Crippen LogP contribution in [0, 0.1) is 11.8 Å². The number of allylic oxidation sites excluding steroid dienone is 1. The van der Waals surface area contributed by atoms with Crippen molar-refractivity contribution in [3.05, 3.63) is 97.6 Å². The lowest BCUT2D eigenvalue weighted by molar-refractivity contribution is -0.355. The maximum Gasteiger partial charge on any atom is 0.261 e. The minimum Gasteiger partial charge on any atom is -0.497 e. The summed E-state index contributed by atoms with van der Waals surface area (Å²) in [6.45, 7) is 26.1. The maximum absolute atomic E-state index is 12.6. The zero-order valence-corrected chi connectivity index (χ0v) is 40.4. The van der Waals surface area contributed by atoms with Crippen LogP contribution in [0.4, 0.5) is 0 Å². The van der Waals surface area contributed by atoms with Crippen LogP contribution in [-0.2, 0) is 23.1 Å². The molecule has 5 rings (SSSR count). The number of hydrogen-bond donors (Lipinski definition) is 2. The van der Waals surface area contributed by atoms with Crippen LogP contribution in [0.2, 0.25) is 23.2 Å². The van der Waals surface area contributed by atoms with Crippen molar-refractivity contribution in [3.63, 3.8) is 0 Å². The highest BCUT2D eigenvalue weighted by molar-refractivity contribution is 6.99. The van der Waals surface area contributed by atoms with E-state index in [1.165, 1.54) is 10.4 Å². The fraction of sp³-hybridized carbons (Fsp3) is 0.592. The van der Waals surface area contributed by atoms with Gasteiger partial charge in [-0.1, -0.05) is 122 Å². The van der Waals surface area contributed by atoms with E-state index < -0.39 is 65.0 Å². The highest BCUT2D eigenvalue weighted by Gasteiger charge is 2.60. The van der Waals surface area contributed by atoms with Gasteiger partial charge in [-0.25, -0.2) is 0 Å². The van der Waals surface area contributed by atoms with Crippen LogP contribution in [0.15, 0.2) is 97.6 Å². The summed E-state index contributed by atoms with van der Waals surface area (Å²) in [7, 11) is -2.22. The minimum atomic E-state index is -2.91. The normalized spacial score (nSPS) is 28.5. The average molecular weight is 863 g/mol. The van der Waals surface area contributed by atoms with Crippen molar-refractivity contribution in [2.75, 3.05) is 20.8 Å². The SMILES string of the molecule is C=CCC[C@H]1O[C@@](OC)([C@@H](O[Si](C)(C)C(C)(C)C)[C@@H]2O[C@H](CCO[Si](c3ccccc3)(c3ccccc3)C(C)(C)C)[C@@H](Oc3ccc(OC)cc3)[C@H](O)[C@H]2C)C[C@@H](O)[C@H]1C. The van der Waals surface area contributed by atoms with E-state index in [0.29, 0.717) is 30.9 Å². The molecule has 11 heteroatoms. The molecule has 3 aromatic rings. The van der Waals surface area contributed by atoms with Gasteiger partial charge in [0.1, 0.15) is 17.6 Å². The van der Waals surface area contributed by atoms with Gasteiger partial charge >= 0.3 is 0 Å². The molecule has 0 unspecified atom stereocenters. The summed E-state index contributed by atoms with van der Waals surface area (Å²) in [5, 5.41) is 26.2. The molecule has 60 heavy (non-hydrogen) atoms. The summed E-state index contributed by atoms with van der Waals surface area (Å²) >= 11 is 0. The van der Waals surface area contributed by atoms with E-state index in [1.54, 1.807) is 14.2 Å². The number of hydrogen-bond acceptors (Lipinski definition) is 9. The van der Waals surface area contributed by atoms with Crippen molar-refractivity contribution in [2.24, 2.45) is 11.8 Å². The number of methoxy groups -OCH3 is 2. The van der Waals surface area contributed by atoms with Gasteiger partial charge in [0, 0.05) is 32.0 Å². The predicted molar refractivity (Wildman–Crippen MR) is 245 cm³/mol. The van der Waals surface area contributed by atoms with Crippen molar-refractivity contribution < 1.29 is 42.7 Å². The maximum atomic E-state index is 12.6. The largest absolute Gasteiger partial charge is 0.497 e. The second-order valence-electron chi connectivity index (χ2n) is 19.5. The summed E-state index contributed by atoms with van der Waals surface area (Å²) in [6.07, 6.45) is -1.04. The van der Waals surface area contributed by atoms with Crippen LogP contribution in [0.3, 0.4) is 0 Å². The molecule has 0 spiro atoms. The van der Waals surface area contributed by atoms with Crippen molar-refractivity contribution in [1.82, 2.24) is 0 Å². The number of ether oxygens (including phenoxy) is 5. The Bertz CT molecular complexity index is 1740. The third kappa shape index (κ3) is 10.2. The molecular formula is C49H74O9Si2. The second kappa shape index (κ2) is 19.7. The molecule has 0 amide bonds. The quantitative estimate of drug-likeness (QED) is 0.102. The van der Waals surface area contributed by atoms with E-state index >= 15 is 0 Å². The number of aliphatic hydroxyl groups is 2. The lowest BCUT2D eigenvalue weighted by atomic mass is 9.78. The lowest BCUT2D eigenvalue weighted by Gasteiger charge is -2.56. The molecule has 10 atom stereocenters. The Labute approximate surface area is 363 Å². The van der Waals surface area contributed by atoms with Crippen LogP contribution < -0.4 is 19.8 Å². The zero-order chi connectivity index (χ0) is 44.1. The molecule has 2 aliphatic rings. The first-order valence-electron chi connectivity index (χ1n) is 21.8. The van der Waals surface area contributed by atoms with Crippen molar-refractivity contribution in [3.8, 4) is 11.5 Å². The summed E-state index contributed by atoms with van der Waals surface area (Å²) in [5.74, 6) is -0.697.